The van der Waals surface area contributed by atoms with Crippen molar-refractivity contribution in [3.05, 3.63) is 23.0 Å². The molecule has 1 aromatic rings. The lowest BCUT2D eigenvalue weighted by Crippen LogP contribution is -2.57. The Morgan fingerprint density at radius 3 is 2.69 bits per heavy atom. The summed E-state index contributed by atoms with van der Waals surface area (Å²) in [6.07, 6.45) is 1.79. The number of aromatic nitrogens is 1. The van der Waals surface area contributed by atoms with E-state index < -0.39 is 14.6 Å². The smallest absolute Gasteiger partial charge is 0.194 e. The number of ether oxygens (including phenoxy) is 1. The molecule has 1 aliphatic heterocycles. The Bertz CT molecular complexity index is 788. The molecule has 1 saturated heterocycles. The molecule has 1 aliphatic rings. The summed E-state index contributed by atoms with van der Waals surface area (Å²) >= 11 is 0. The van der Waals surface area contributed by atoms with Gasteiger partial charge in [0.15, 0.2) is 15.8 Å². The van der Waals surface area contributed by atoms with Crippen LogP contribution in [0.25, 0.3) is 0 Å². The van der Waals surface area contributed by atoms with Crippen LogP contribution in [0.1, 0.15) is 37.6 Å². The highest BCUT2D eigenvalue weighted by Gasteiger charge is 2.40. The van der Waals surface area contributed by atoms with E-state index in [1.165, 1.54) is 0 Å². The van der Waals surface area contributed by atoms with Crippen molar-refractivity contribution in [3.8, 4) is 5.75 Å². The molecule has 0 radical (unpaired) electrons. The summed E-state index contributed by atoms with van der Waals surface area (Å²) < 4.78 is 29.2. The summed E-state index contributed by atoms with van der Waals surface area (Å²) in [6, 6.07) is 0. The standard InChI is InChI=1S/C18H30N4O3S/c1-7-19-17(22-8-9-26(23,24)18(4,5)12-22)21-11-15-14(3)16(25-6)13(2)10-20-15/h10H,7-9,11-12H2,1-6H3,(H,19,21). The fraction of sp³-hybridized carbons (Fsp3) is 0.667. The highest BCUT2D eigenvalue weighted by Crippen LogP contribution is 2.25. The molecule has 0 bridgehead atoms. The number of rotatable bonds is 4. The first-order chi connectivity index (χ1) is 12.1. The monoisotopic (exact) mass is 382 g/mol. The lowest BCUT2D eigenvalue weighted by molar-refractivity contribution is 0.353. The van der Waals surface area contributed by atoms with Crippen LogP contribution in [-0.4, -0.2) is 61.5 Å². The Labute approximate surface area is 156 Å². The van der Waals surface area contributed by atoms with Gasteiger partial charge in [-0.2, -0.15) is 0 Å². The van der Waals surface area contributed by atoms with Crippen LogP contribution >= 0.6 is 0 Å². The fourth-order valence-corrected chi connectivity index (χ4v) is 4.50. The number of aryl methyl sites for hydroxylation is 1. The van der Waals surface area contributed by atoms with Gasteiger partial charge in [0.05, 0.1) is 29.8 Å². The van der Waals surface area contributed by atoms with Crippen LogP contribution in [-0.2, 0) is 16.4 Å². The largest absolute Gasteiger partial charge is 0.496 e. The Morgan fingerprint density at radius 2 is 2.12 bits per heavy atom. The number of sulfone groups is 1. The van der Waals surface area contributed by atoms with Crippen molar-refractivity contribution in [1.29, 1.82) is 0 Å². The van der Waals surface area contributed by atoms with Crippen LogP contribution in [0.5, 0.6) is 5.75 Å². The molecule has 0 spiro atoms. The highest BCUT2D eigenvalue weighted by atomic mass is 32.2. The number of aliphatic imine (C=N–C) groups is 1. The molecule has 0 aromatic carbocycles. The third kappa shape index (κ3) is 4.11. The first-order valence-corrected chi connectivity index (χ1v) is 10.5. The molecule has 0 unspecified atom stereocenters. The van der Waals surface area contributed by atoms with Crippen LogP contribution in [0, 0.1) is 13.8 Å². The zero-order valence-corrected chi connectivity index (χ0v) is 17.4. The predicted molar refractivity (Wildman–Crippen MR) is 105 cm³/mol. The average Bonchev–Trinajstić information content (AvgIpc) is 2.56. The van der Waals surface area contributed by atoms with Crippen LogP contribution in [0.3, 0.4) is 0 Å². The van der Waals surface area contributed by atoms with E-state index in [-0.39, 0.29) is 5.75 Å². The van der Waals surface area contributed by atoms with Crippen molar-refractivity contribution in [2.75, 3.05) is 32.5 Å². The number of hydrogen-bond acceptors (Lipinski definition) is 5. The number of nitrogens with one attached hydrogen (secondary N) is 1. The van der Waals surface area contributed by atoms with Gasteiger partial charge in [0, 0.05) is 37.0 Å². The molecule has 7 nitrogen and oxygen atoms in total. The number of pyridine rings is 1. The van der Waals surface area contributed by atoms with Crippen LogP contribution < -0.4 is 10.1 Å². The molecule has 2 heterocycles. The summed E-state index contributed by atoms with van der Waals surface area (Å²) in [6.45, 7) is 11.5. The molecular weight excluding hydrogens is 352 g/mol. The average molecular weight is 383 g/mol. The van der Waals surface area contributed by atoms with Gasteiger partial charge < -0.3 is 15.0 Å². The van der Waals surface area contributed by atoms with Gasteiger partial charge in [0.1, 0.15) is 5.75 Å². The maximum absolute atomic E-state index is 12.2. The molecule has 1 N–H and O–H groups in total. The molecule has 8 heteroatoms. The third-order valence-corrected chi connectivity index (χ3v) is 7.34. The van der Waals surface area contributed by atoms with Gasteiger partial charge in [0.25, 0.3) is 0 Å². The lowest BCUT2D eigenvalue weighted by atomic mass is 10.1. The second-order valence-electron chi connectivity index (χ2n) is 7.22. The van der Waals surface area contributed by atoms with E-state index >= 15 is 0 Å². The maximum Gasteiger partial charge on any atom is 0.194 e. The molecule has 0 atom stereocenters. The number of nitrogens with zero attached hydrogens (tertiary/aromatic N) is 3. The molecule has 146 valence electrons. The van der Waals surface area contributed by atoms with E-state index in [1.807, 2.05) is 25.7 Å². The topological polar surface area (TPSA) is 83.9 Å². The summed E-state index contributed by atoms with van der Waals surface area (Å²) in [5, 5.41) is 3.27. The zero-order chi connectivity index (χ0) is 19.5. The molecule has 0 amide bonds. The molecule has 2 rings (SSSR count). The van der Waals surface area contributed by atoms with E-state index in [9.17, 15) is 8.42 Å². The summed E-state index contributed by atoms with van der Waals surface area (Å²) in [5.41, 5.74) is 2.83. The highest BCUT2D eigenvalue weighted by molar-refractivity contribution is 7.92. The summed E-state index contributed by atoms with van der Waals surface area (Å²) in [5.74, 6) is 1.69. The Balaban J connectivity index is 2.26. The molecule has 1 aromatic heterocycles. The molecular formula is C18H30N4O3S. The zero-order valence-electron chi connectivity index (χ0n) is 16.6. The van der Waals surface area contributed by atoms with E-state index in [4.69, 9.17) is 9.73 Å². The van der Waals surface area contributed by atoms with Crippen molar-refractivity contribution in [3.63, 3.8) is 0 Å². The fourth-order valence-electron chi connectivity index (χ4n) is 3.13. The van der Waals surface area contributed by atoms with Gasteiger partial charge in [-0.05, 0) is 34.6 Å². The SMILES string of the molecule is CCNC(=NCc1ncc(C)c(OC)c1C)N1CCS(=O)(=O)C(C)(C)C1. The Hall–Kier alpha value is -1.83. The normalized spacial score (nSPS) is 19.3. The molecule has 0 aliphatic carbocycles. The minimum atomic E-state index is -3.08. The van der Waals surface area contributed by atoms with Crippen molar-refractivity contribution in [2.24, 2.45) is 4.99 Å². The van der Waals surface area contributed by atoms with Gasteiger partial charge >= 0.3 is 0 Å². The summed E-state index contributed by atoms with van der Waals surface area (Å²) in [7, 11) is -1.43. The van der Waals surface area contributed by atoms with Crippen LogP contribution in [0.15, 0.2) is 11.2 Å². The molecule has 1 fully saturated rings. The van der Waals surface area contributed by atoms with Crippen molar-refractivity contribution in [1.82, 2.24) is 15.2 Å². The summed E-state index contributed by atoms with van der Waals surface area (Å²) in [4.78, 5) is 11.2. The Morgan fingerprint density at radius 1 is 1.42 bits per heavy atom. The van der Waals surface area contributed by atoms with Crippen molar-refractivity contribution >= 4 is 15.8 Å². The minimum absolute atomic E-state index is 0.139. The number of methoxy groups -OCH3 is 1. The lowest BCUT2D eigenvalue weighted by Gasteiger charge is -2.39. The first kappa shape index (κ1) is 20.5. The minimum Gasteiger partial charge on any atom is -0.496 e. The van der Waals surface area contributed by atoms with E-state index in [2.05, 4.69) is 10.3 Å². The van der Waals surface area contributed by atoms with Crippen LogP contribution in [0.4, 0.5) is 0 Å². The van der Waals surface area contributed by atoms with E-state index in [0.717, 1.165) is 28.5 Å². The van der Waals surface area contributed by atoms with E-state index in [0.29, 0.717) is 26.2 Å². The van der Waals surface area contributed by atoms with Gasteiger partial charge in [-0.25, -0.2) is 13.4 Å². The number of guanidine groups is 1. The molecule has 0 saturated carbocycles. The van der Waals surface area contributed by atoms with Gasteiger partial charge in [0.2, 0.25) is 0 Å². The maximum atomic E-state index is 12.2. The predicted octanol–water partition coefficient (Wildman–Crippen LogP) is 1.68. The van der Waals surface area contributed by atoms with Crippen molar-refractivity contribution in [2.45, 2.75) is 45.9 Å². The second-order valence-corrected chi connectivity index (χ2v) is 9.96. The second kappa shape index (κ2) is 7.82. The Kier molecular flexibility index (Phi) is 6.16. The van der Waals surface area contributed by atoms with Gasteiger partial charge in [-0.1, -0.05) is 0 Å². The first-order valence-electron chi connectivity index (χ1n) is 8.87. The van der Waals surface area contributed by atoms with Gasteiger partial charge in [-0.15, -0.1) is 0 Å². The number of hydrogen-bond donors (Lipinski definition) is 1. The van der Waals surface area contributed by atoms with Crippen molar-refractivity contribution < 1.29 is 13.2 Å². The van der Waals surface area contributed by atoms with E-state index in [1.54, 1.807) is 27.2 Å². The van der Waals surface area contributed by atoms with Gasteiger partial charge in [-0.3, -0.25) is 4.98 Å². The molecule has 26 heavy (non-hydrogen) atoms. The quantitative estimate of drug-likeness (QED) is 0.630. The third-order valence-electron chi connectivity index (χ3n) is 4.81. The van der Waals surface area contributed by atoms with Crippen LogP contribution in [0.2, 0.25) is 0 Å².